The molecule has 1 aliphatic carbocycles. The van der Waals surface area contributed by atoms with Gasteiger partial charge in [-0.1, -0.05) is 12.8 Å². The van der Waals surface area contributed by atoms with Crippen LogP contribution in [0.1, 0.15) is 36.0 Å². The van der Waals surface area contributed by atoms with Crippen molar-refractivity contribution in [1.82, 2.24) is 9.97 Å². The van der Waals surface area contributed by atoms with Crippen molar-refractivity contribution in [2.45, 2.75) is 25.7 Å². The van der Waals surface area contributed by atoms with E-state index in [0.717, 1.165) is 29.3 Å². The molecule has 16 heavy (non-hydrogen) atoms. The predicted octanol–water partition coefficient (Wildman–Crippen LogP) is 2.94. The number of Topliss-reactive ketones (excluding diaryl/α,β-unsaturated/α-hetero) is 1. The van der Waals surface area contributed by atoms with Crippen LogP contribution < -0.4 is 0 Å². The van der Waals surface area contributed by atoms with Crippen molar-refractivity contribution in [3.8, 4) is 0 Å². The fraction of sp³-hybridized carbons (Fsp3) is 0.385. The number of aromatic nitrogens is 2. The zero-order valence-corrected chi connectivity index (χ0v) is 9.07. The molecule has 1 saturated carbocycles. The second-order valence-corrected chi connectivity index (χ2v) is 4.47. The number of ketones is 1. The van der Waals surface area contributed by atoms with Crippen LogP contribution in [0.15, 0.2) is 24.7 Å². The van der Waals surface area contributed by atoms with Crippen LogP contribution >= 0.6 is 0 Å². The SMILES string of the molecule is O=C(c1c[nH]c2ccncc12)C1CCCC1. The average molecular weight is 214 g/mol. The summed E-state index contributed by atoms with van der Waals surface area (Å²) in [5.74, 6) is 0.524. The van der Waals surface area contributed by atoms with Gasteiger partial charge < -0.3 is 4.98 Å². The van der Waals surface area contributed by atoms with Crippen molar-refractivity contribution in [1.29, 1.82) is 0 Å². The first-order chi connectivity index (χ1) is 7.86. The number of nitrogens with one attached hydrogen (secondary N) is 1. The number of pyridine rings is 1. The first-order valence-electron chi connectivity index (χ1n) is 5.81. The number of hydrogen-bond donors (Lipinski definition) is 1. The molecule has 0 unspecified atom stereocenters. The largest absolute Gasteiger partial charge is 0.360 e. The molecule has 0 bridgehead atoms. The van der Waals surface area contributed by atoms with Crippen LogP contribution in [0.3, 0.4) is 0 Å². The zero-order valence-electron chi connectivity index (χ0n) is 9.07. The van der Waals surface area contributed by atoms with Crippen molar-refractivity contribution in [3.63, 3.8) is 0 Å². The first-order valence-corrected chi connectivity index (χ1v) is 5.81. The van der Waals surface area contributed by atoms with Gasteiger partial charge in [-0.2, -0.15) is 0 Å². The van der Waals surface area contributed by atoms with E-state index in [-0.39, 0.29) is 11.7 Å². The van der Waals surface area contributed by atoms with Crippen molar-refractivity contribution in [2.24, 2.45) is 5.92 Å². The molecule has 0 atom stereocenters. The average Bonchev–Trinajstić information content (AvgIpc) is 2.98. The molecule has 2 aromatic heterocycles. The van der Waals surface area contributed by atoms with Crippen LogP contribution in [0.5, 0.6) is 0 Å². The summed E-state index contributed by atoms with van der Waals surface area (Å²) in [5, 5.41) is 0.958. The molecule has 0 aliphatic heterocycles. The van der Waals surface area contributed by atoms with Crippen molar-refractivity contribution in [2.75, 3.05) is 0 Å². The smallest absolute Gasteiger partial charge is 0.168 e. The summed E-state index contributed by atoms with van der Waals surface area (Å²) in [6.07, 6.45) is 9.81. The number of aromatic amines is 1. The third-order valence-corrected chi connectivity index (χ3v) is 3.47. The van der Waals surface area contributed by atoms with Crippen LogP contribution in [0, 0.1) is 5.92 Å². The fourth-order valence-electron chi connectivity index (χ4n) is 2.57. The van der Waals surface area contributed by atoms with Gasteiger partial charge in [-0.25, -0.2) is 0 Å². The Kier molecular flexibility index (Phi) is 2.24. The zero-order chi connectivity index (χ0) is 11.0. The molecule has 82 valence electrons. The van der Waals surface area contributed by atoms with E-state index in [1.807, 2.05) is 12.3 Å². The van der Waals surface area contributed by atoms with Gasteiger partial charge in [0.2, 0.25) is 0 Å². The maximum Gasteiger partial charge on any atom is 0.168 e. The number of nitrogens with zero attached hydrogens (tertiary/aromatic N) is 1. The van der Waals surface area contributed by atoms with Crippen LogP contribution in [-0.4, -0.2) is 15.8 Å². The minimum atomic E-state index is 0.235. The Balaban J connectivity index is 2.02. The first kappa shape index (κ1) is 9.58. The molecule has 0 aromatic carbocycles. The van der Waals surface area contributed by atoms with E-state index in [2.05, 4.69) is 9.97 Å². The van der Waals surface area contributed by atoms with E-state index in [0.29, 0.717) is 0 Å². The summed E-state index contributed by atoms with van der Waals surface area (Å²) in [7, 11) is 0. The van der Waals surface area contributed by atoms with Crippen LogP contribution in [-0.2, 0) is 0 Å². The third-order valence-electron chi connectivity index (χ3n) is 3.47. The molecule has 2 heterocycles. The van der Waals surface area contributed by atoms with E-state index in [1.54, 1.807) is 12.4 Å². The minimum Gasteiger partial charge on any atom is -0.360 e. The molecular formula is C13H14N2O. The lowest BCUT2D eigenvalue weighted by Gasteiger charge is -2.05. The standard InChI is InChI=1S/C13H14N2O/c16-13(9-3-1-2-4-9)11-8-15-12-5-6-14-7-10(11)12/h5-9,15H,1-4H2. The number of fused-ring (bicyclic) bond motifs is 1. The number of hydrogen-bond acceptors (Lipinski definition) is 2. The van der Waals surface area contributed by atoms with Crippen LogP contribution in [0.4, 0.5) is 0 Å². The van der Waals surface area contributed by atoms with Gasteiger partial charge in [0.1, 0.15) is 0 Å². The monoisotopic (exact) mass is 214 g/mol. The van der Waals surface area contributed by atoms with Gasteiger partial charge in [0.05, 0.1) is 0 Å². The number of carbonyl (C=O) groups excluding carboxylic acids is 1. The Hall–Kier alpha value is -1.64. The molecule has 1 aliphatic rings. The Morgan fingerprint density at radius 1 is 1.38 bits per heavy atom. The maximum absolute atomic E-state index is 12.3. The molecule has 1 N–H and O–H groups in total. The Morgan fingerprint density at radius 3 is 3.00 bits per heavy atom. The van der Waals surface area contributed by atoms with Gasteiger partial charge >= 0.3 is 0 Å². The topological polar surface area (TPSA) is 45.8 Å². The van der Waals surface area contributed by atoms with Crippen molar-refractivity contribution >= 4 is 16.7 Å². The van der Waals surface area contributed by atoms with Gasteiger partial charge in [-0.15, -0.1) is 0 Å². The highest BCUT2D eigenvalue weighted by Crippen LogP contribution is 2.30. The molecule has 1 fully saturated rings. The molecule has 3 rings (SSSR count). The van der Waals surface area contributed by atoms with Crippen molar-refractivity contribution < 1.29 is 4.79 Å². The molecule has 0 spiro atoms. The van der Waals surface area contributed by atoms with E-state index >= 15 is 0 Å². The van der Waals surface area contributed by atoms with E-state index in [1.165, 1.54) is 12.8 Å². The molecule has 2 aromatic rings. The fourth-order valence-corrected chi connectivity index (χ4v) is 2.57. The molecule has 0 saturated heterocycles. The highest BCUT2D eigenvalue weighted by atomic mass is 16.1. The van der Waals surface area contributed by atoms with Gasteiger partial charge in [0, 0.05) is 41.0 Å². The summed E-state index contributed by atoms with van der Waals surface area (Å²) in [6, 6.07) is 1.90. The van der Waals surface area contributed by atoms with Gasteiger partial charge in [0.25, 0.3) is 0 Å². The third kappa shape index (κ3) is 1.43. The molecule has 0 radical (unpaired) electrons. The predicted molar refractivity (Wildman–Crippen MR) is 62.4 cm³/mol. The number of rotatable bonds is 2. The lowest BCUT2D eigenvalue weighted by atomic mass is 9.96. The van der Waals surface area contributed by atoms with Gasteiger partial charge in [0.15, 0.2) is 5.78 Å². The summed E-state index contributed by atoms with van der Waals surface area (Å²) >= 11 is 0. The summed E-state index contributed by atoms with van der Waals surface area (Å²) < 4.78 is 0. The van der Waals surface area contributed by atoms with E-state index in [9.17, 15) is 4.79 Å². The molecular weight excluding hydrogens is 200 g/mol. The second-order valence-electron chi connectivity index (χ2n) is 4.47. The van der Waals surface area contributed by atoms with Gasteiger partial charge in [-0.3, -0.25) is 9.78 Å². The quantitative estimate of drug-likeness (QED) is 0.781. The van der Waals surface area contributed by atoms with E-state index < -0.39 is 0 Å². The minimum absolute atomic E-state index is 0.235. The summed E-state index contributed by atoms with van der Waals surface area (Å²) in [5.41, 5.74) is 1.81. The van der Waals surface area contributed by atoms with Crippen molar-refractivity contribution in [3.05, 3.63) is 30.2 Å². The molecule has 0 amide bonds. The van der Waals surface area contributed by atoms with Crippen LogP contribution in [0.25, 0.3) is 10.9 Å². The number of H-pyrrole nitrogens is 1. The lowest BCUT2D eigenvalue weighted by Crippen LogP contribution is -2.10. The lowest BCUT2D eigenvalue weighted by molar-refractivity contribution is 0.0924. The maximum atomic E-state index is 12.3. The summed E-state index contributed by atoms with van der Waals surface area (Å²) in [6.45, 7) is 0. The van der Waals surface area contributed by atoms with Gasteiger partial charge in [-0.05, 0) is 18.9 Å². The Bertz CT molecular complexity index is 523. The number of carbonyl (C=O) groups is 1. The highest BCUT2D eigenvalue weighted by molar-refractivity contribution is 6.08. The Labute approximate surface area is 93.9 Å². The van der Waals surface area contributed by atoms with Crippen LogP contribution in [0.2, 0.25) is 0 Å². The molecule has 3 heteroatoms. The second kappa shape index (κ2) is 3.74. The highest BCUT2D eigenvalue weighted by Gasteiger charge is 2.25. The molecule has 3 nitrogen and oxygen atoms in total. The summed E-state index contributed by atoms with van der Waals surface area (Å²) in [4.78, 5) is 19.5. The Morgan fingerprint density at radius 2 is 2.19 bits per heavy atom. The van der Waals surface area contributed by atoms with E-state index in [4.69, 9.17) is 0 Å². The normalized spacial score (nSPS) is 17.0.